The molecule has 1 aliphatic carbocycles. The van der Waals surface area contributed by atoms with Crippen LogP contribution in [0.5, 0.6) is 0 Å². The van der Waals surface area contributed by atoms with Crippen molar-refractivity contribution in [2.45, 2.75) is 19.3 Å². The predicted octanol–water partition coefficient (Wildman–Crippen LogP) is 3.65. The van der Waals surface area contributed by atoms with Gasteiger partial charge in [0.15, 0.2) is 0 Å². The summed E-state index contributed by atoms with van der Waals surface area (Å²) in [6, 6.07) is 18.9. The monoisotopic (exact) mass is 405 g/mol. The molecule has 30 heavy (non-hydrogen) atoms. The van der Waals surface area contributed by atoms with Crippen LogP contribution in [0.15, 0.2) is 71.9 Å². The minimum atomic E-state index is -0.353. The van der Waals surface area contributed by atoms with Crippen LogP contribution in [0.25, 0.3) is 0 Å². The molecule has 1 atom stereocenters. The SMILES string of the molecule is O=C(Nc1ccccc1)C1=C(N2CCOCC2)C(C(=O)Nc2ccccc2)CCC1. The molecule has 4 rings (SSSR count). The van der Waals surface area contributed by atoms with Gasteiger partial charge in [0.1, 0.15) is 0 Å². The van der Waals surface area contributed by atoms with E-state index in [1.165, 1.54) is 0 Å². The minimum absolute atomic E-state index is 0.0626. The van der Waals surface area contributed by atoms with Gasteiger partial charge < -0.3 is 20.3 Å². The number of amides is 2. The number of ether oxygens (including phenoxy) is 1. The number of hydrogen-bond acceptors (Lipinski definition) is 4. The third-order valence-electron chi connectivity index (χ3n) is 5.57. The van der Waals surface area contributed by atoms with Gasteiger partial charge in [-0.25, -0.2) is 0 Å². The number of morpholine rings is 1. The Kier molecular flexibility index (Phi) is 6.44. The molecule has 156 valence electrons. The number of hydrogen-bond donors (Lipinski definition) is 2. The van der Waals surface area contributed by atoms with E-state index in [1.807, 2.05) is 60.7 Å². The zero-order valence-electron chi connectivity index (χ0n) is 17.0. The molecule has 2 amide bonds. The van der Waals surface area contributed by atoms with Gasteiger partial charge in [-0.3, -0.25) is 9.59 Å². The summed E-state index contributed by atoms with van der Waals surface area (Å²) >= 11 is 0. The van der Waals surface area contributed by atoms with Gasteiger partial charge in [-0.1, -0.05) is 36.4 Å². The molecule has 6 heteroatoms. The van der Waals surface area contributed by atoms with Gasteiger partial charge in [0.2, 0.25) is 5.91 Å². The van der Waals surface area contributed by atoms with E-state index in [2.05, 4.69) is 15.5 Å². The maximum atomic E-state index is 13.2. The minimum Gasteiger partial charge on any atom is -0.378 e. The van der Waals surface area contributed by atoms with Crippen molar-refractivity contribution in [3.05, 3.63) is 71.9 Å². The van der Waals surface area contributed by atoms with E-state index in [4.69, 9.17) is 4.74 Å². The highest BCUT2D eigenvalue weighted by molar-refractivity contribution is 6.05. The molecule has 2 aromatic carbocycles. The molecule has 0 radical (unpaired) electrons. The summed E-state index contributed by atoms with van der Waals surface area (Å²) in [6.07, 6.45) is 2.20. The molecule has 1 aliphatic heterocycles. The first-order valence-electron chi connectivity index (χ1n) is 10.5. The van der Waals surface area contributed by atoms with Crippen LogP contribution in [-0.4, -0.2) is 43.0 Å². The highest BCUT2D eigenvalue weighted by atomic mass is 16.5. The largest absolute Gasteiger partial charge is 0.378 e. The molecule has 0 bridgehead atoms. The summed E-state index contributed by atoms with van der Waals surface area (Å²) < 4.78 is 5.51. The van der Waals surface area contributed by atoms with Gasteiger partial charge in [0.25, 0.3) is 5.91 Å². The normalized spacial score (nSPS) is 19.3. The number of para-hydroxylation sites is 2. The summed E-state index contributed by atoms with van der Waals surface area (Å²) in [5.74, 6) is -0.541. The number of carbonyl (C=O) groups is 2. The molecular formula is C24H27N3O3. The van der Waals surface area contributed by atoms with Crippen molar-refractivity contribution in [2.24, 2.45) is 5.92 Å². The third-order valence-corrected chi connectivity index (χ3v) is 5.57. The smallest absolute Gasteiger partial charge is 0.253 e. The van der Waals surface area contributed by atoms with Crippen molar-refractivity contribution < 1.29 is 14.3 Å². The van der Waals surface area contributed by atoms with Gasteiger partial charge in [-0.15, -0.1) is 0 Å². The Balaban J connectivity index is 1.63. The van der Waals surface area contributed by atoms with E-state index in [1.54, 1.807) is 0 Å². The van der Waals surface area contributed by atoms with E-state index in [0.29, 0.717) is 38.3 Å². The van der Waals surface area contributed by atoms with Crippen LogP contribution in [0.4, 0.5) is 11.4 Å². The molecule has 0 aromatic heterocycles. The van der Waals surface area contributed by atoms with Crippen molar-refractivity contribution in [3.8, 4) is 0 Å². The summed E-state index contributed by atoms with van der Waals surface area (Å²) in [5, 5.41) is 6.03. The van der Waals surface area contributed by atoms with Gasteiger partial charge >= 0.3 is 0 Å². The van der Waals surface area contributed by atoms with Gasteiger partial charge in [-0.2, -0.15) is 0 Å². The lowest BCUT2D eigenvalue weighted by atomic mass is 9.84. The maximum Gasteiger partial charge on any atom is 0.253 e. The number of carbonyl (C=O) groups excluding carboxylic acids is 2. The Morgan fingerprint density at radius 2 is 1.47 bits per heavy atom. The molecule has 2 N–H and O–H groups in total. The van der Waals surface area contributed by atoms with E-state index < -0.39 is 0 Å². The number of anilines is 2. The lowest BCUT2D eigenvalue weighted by Crippen LogP contribution is -2.43. The van der Waals surface area contributed by atoms with E-state index >= 15 is 0 Å². The van der Waals surface area contributed by atoms with Crippen LogP contribution in [0.2, 0.25) is 0 Å². The number of nitrogens with one attached hydrogen (secondary N) is 2. The molecule has 1 saturated heterocycles. The van der Waals surface area contributed by atoms with Crippen molar-refractivity contribution >= 4 is 23.2 Å². The Morgan fingerprint density at radius 1 is 0.867 bits per heavy atom. The van der Waals surface area contributed by atoms with Crippen LogP contribution >= 0.6 is 0 Å². The van der Waals surface area contributed by atoms with Gasteiger partial charge in [-0.05, 0) is 43.5 Å². The lowest BCUT2D eigenvalue weighted by Gasteiger charge is -2.38. The maximum absolute atomic E-state index is 13.2. The zero-order chi connectivity index (χ0) is 20.8. The standard InChI is InChI=1S/C24H27N3O3/c28-23(25-18-8-3-1-4-9-18)20-12-7-13-21(22(20)27-14-16-30-17-15-27)24(29)26-19-10-5-2-6-11-19/h1-6,8-11,20H,7,12-17H2,(H,25,28)(H,26,29). The van der Waals surface area contributed by atoms with E-state index in [9.17, 15) is 9.59 Å². The molecule has 2 aromatic rings. The second-order valence-electron chi connectivity index (χ2n) is 7.58. The summed E-state index contributed by atoms with van der Waals surface area (Å²) in [6.45, 7) is 2.58. The Labute approximate surface area is 176 Å². The van der Waals surface area contributed by atoms with Crippen molar-refractivity contribution in [3.63, 3.8) is 0 Å². The molecule has 1 unspecified atom stereocenters. The molecule has 1 fully saturated rings. The summed E-state index contributed by atoms with van der Waals surface area (Å²) in [5.41, 5.74) is 3.09. The quantitative estimate of drug-likeness (QED) is 0.797. The fraction of sp³-hybridized carbons (Fsp3) is 0.333. The fourth-order valence-corrected chi connectivity index (χ4v) is 4.14. The van der Waals surface area contributed by atoms with Crippen LogP contribution in [0.1, 0.15) is 19.3 Å². The highest BCUT2D eigenvalue weighted by Gasteiger charge is 2.35. The van der Waals surface area contributed by atoms with E-state index in [-0.39, 0.29) is 17.7 Å². The highest BCUT2D eigenvalue weighted by Crippen LogP contribution is 2.34. The van der Waals surface area contributed by atoms with Crippen LogP contribution in [0, 0.1) is 5.92 Å². The van der Waals surface area contributed by atoms with Crippen LogP contribution < -0.4 is 10.6 Å². The lowest BCUT2D eigenvalue weighted by molar-refractivity contribution is -0.120. The molecule has 0 spiro atoms. The fourth-order valence-electron chi connectivity index (χ4n) is 4.14. The predicted molar refractivity (Wildman–Crippen MR) is 117 cm³/mol. The number of rotatable bonds is 5. The first-order chi connectivity index (χ1) is 14.7. The van der Waals surface area contributed by atoms with Crippen molar-refractivity contribution in [1.82, 2.24) is 4.90 Å². The number of nitrogens with zero attached hydrogens (tertiary/aromatic N) is 1. The van der Waals surface area contributed by atoms with Crippen molar-refractivity contribution in [1.29, 1.82) is 0 Å². The average Bonchev–Trinajstić information content (AvgIpc) is 2.80. The first kappa shape index (κ1) is 20.2. The second-order valence-corrected chi connectivity index (χ2v) is 7.58. The molecule has 6 nitrogen and oxygen atoms in total. The topological polar surface area (TPSA) is 70.7 Å². The second kappa shape index (κ2) is 9.59. The third kappa shape index (κ3) is 4.71. The Hall–Kier alpha value is -3.12. The number of benzene rings is 2. The molecule has 2 aliphatic rings. The molecule has 0 saturated carbocycles. The summed E-state index contributed by atoms with van der Waals surface area (Å²) in [4.78, 5) is 28.6. The van der Waals surface area contributed by atoms with E-state index in [0.717, 1.165) is 29.9 Å². The van der Waals surface area contributed by atoms with Crippen molar-refractivity contribution in [2.75, 3.05) is 36.9 Å². The van der Waals surface area contributed by atoms with Crippen LogP contribution in [-0.2, 0) is 14.3 Å². The summed E-state index contributed by atoms with van der Waals surface area (Å²) in [7, 11) is 0. The molecular weight excluding hydrogens is 378 g/mol. The van der Waals surface area contributed by atoms with Crippen LogP contribution in [0.3, 0.4) is 0 Å². The van der Waals surface area contributed by atoms with Gasteiger partial charge in [0.05, 0.1) is 19.1 Å². The van der Waals surface area contributed by atoms with Gasteiger partial charge in [0, 0.05) is 35.7 Å². The Bertz CT molecular complexity index is 906. The molecule has 1 heterocycles. The Morgan fingerprint density at radius 3 is 2.10 bits per heavy atom. The average molecular weight is 405 g/mol. The first-order valence-corrected chi connectivity index (χ1v) is 10.5. The zero-order valence-corrected chi connectivity index (χ0v) is 17.0.